The normalized spacial score (nSPS) is 13.8. The molecule has 1 heterocycles. The van der Waals surface area contributed by atoms with Gasteiger partial charge in [-0.15, -0.1) is 0 Å². The maximum absolute atomic E-state index is 9.27. The Labute approximate surface area is 245 Å². The Morgan fingerprint density at radius 3 is 1.55 bits per heavy atom. The first-order valence-corrected chi connectivity index (χ1v) is 12.9. The van der Waals surface area contributed by atoms with Gasteiger partial charge in [-0.2, -0.15) is 0 Å². The second kappa shape index (κ2) is 10.4. The van der Waals surface area contributed by atoms with E-state index in [1.807, 2.05) is 30.3 Å². The number of benzene rings is 6. The molecule has 0 N–H and O–H groups in total. The molecular formula is C38H27NO. The SMILES string of the molecule is [2H]c1c([2H])c(N(c2ccccc2-c2cc3ccccc3o2)c2c([2H])c([2H])c(-c3ccccc3)c([2H])c2[2H])c([2H])c([2H])c1-c1ccccc1. The van der Waals surface area contributed by atoms with Gasteiger partial charge in [0.15, 0.2) is 0 Å². The first-order valence-electron chi connectivity index (χ1n) is 16.9. The van der Waals surface area contributed by atoms with Crippen molar-refractivity contribution in [2.24, 2.45) is 0 Å². The second-order valence-electron chi connectivity index (χ2n) is 9.18. The van der Waals surface area contributed by atoms with E-state index in [4.69, 9.17) is 9.90 Å². The topological polar surface area (TPSA) is 16.4 Å². The van der Waals surface area contributed by atoms with Gasteiger partial charge in [0.05, 0.1) is 16.7 Å². The minimum atomic E-state index is -0.404. The van der Waals surface area contributed by atoms with Crippen molar-refractivity contribution in [3.05, 3.63) is 164 Å². The molecule has 40 heavy (non-hydrogen) atoms. The van der Waals surface area contributed by atoms with Gasteiger partial charge in [-0.25, -0.2) is 0 Å². The van der Waals surface area contributed by atoms with Gasteiger partial charge in [0.1, 0.15) is 11.3 Å². The summed E-state index contributed by atoms with van der Waals surface area (Å²) in [5.74, 6) is 0.434. The Bertz CT molecular complexity index is 2140. The molecule has 2 nitrogen and oxygen atoms in total. The van der Waals surface area contributed by atoms with Crippen LogP contribution in [0.4, 0.5) is 17.1 Å². The average Bonchev–Trinajstić information content (AvgIpc) is 3.55. The minimum absolute atomic E-state index is 0.110. The molecule has 0 atom stereocenters. The molecule has 0 unspecified atom stereocenters. The lowest BCUT2D eigenvalue weighted by Crippen LogP contribution is -2.11. The van der Waals surface area contributed by atoms with Gasteiger partial charge in [-0.3, -0.25) is 0 Å². The monoisotopic (exact) mass is 521 g/mol. The molecule has 1 aromatic heterocycles. The van der Waals surface area contributed by atoms with Crippen LogP contribution in [0, 0.1) is 0 Å². The van der Waals surface area contributed by atoms with E-state index in [2.05, 4.69) is 0 Å². The molecule has 0 radical (unpaired) electrons. The highest BCUT2D eigenvalue weighted by Crippen LogP contribution is 2.42. The molecule has 0 saturated heterocycles. The van der Waals surface area contributed by atoms with Crippen LogP contribution in [0.1, 0.15) is 11.0 Å². The summed E-state index contributed by atoms with van der Waals surface area (Å²) in [5, 5.41) is 0.835. The molecule has 0 amide bonds. The van der Waals surface area contributed by atoms with Crippen molar-refractivity contribution in [2.75, 3.05) is 4.90 Å². The van der Waals surface area contributed by atoms with E-state index in [-0.39, 0.29) is 52.4 Å². The largest absolute Gasteiger partial charge is 0.456 e. The van der Waals surface area contributed by atoms with E-state index in [0.717, 1.165) is 5.39 Å². The number of anilines is 3. The number of nitrogens with zero attached hydrogens (tertiary/aromatic N) is 1. The lowest BCUT2D eigenvalue weighted by atomic mass is 10.0. The van der Waals surface area contributed by atoms with Crippen LogP contribution in [0.5, 0.6) is 0 Å². The van der Waals surface area contributed by atoms with E-state index in [9.17, 15) is 5.48 Å². The van der Waals surface area contributed by atoms with E-state index >= 15 is 0 Å². The Balaban J connectivity index is 1.57. The number of rotatable bonds is 6. The van der Waals surface area contributed by atoms with Crippen LogP contribution < -0.4 is 4.90 Å². The summed E-state index contributed by atoms with van der Waals surface area (Å²) in [5.41, 5.74) is 2.20. The van der Waals surface area contributed by atoms with Gasteiger partial charge in [0.25, 0.3) is 0 Å². The smallest absolute Gasteiger partial charge is 0.137 e. The maximum Gasteiger partial charge on any atom is 0.137 e. The molecule has 7 aromatic rings. The zero-order chi connectivity index (χ0) is 33.7. The molecule has 0 aliphatic carbocycles. The van der Waals surface area contributed by atoms with Crippen molar-refractivity contribution >= 4 is 28.0 Å². The number of hydrogen-bond donors (Lipinski definition) is 0. The van der Waals surface area contributed by atoms with Crippen molar-refractivity contribution in [3.8, 4) is 33.6 Å². The average molecular weight is 522 g/mol. The highest BCUT2D eigenvalue weighted by atomic mass is 16.3. The fourth-order valence-corrected chi connectivity index (χ4v) is 4.68. The molecule has 0 spiro atoms. The van der Waals surface area contributed by atoms with Crippen LogP contribution in [-0.2, 0) is 0 Å². The summed E-state index contributed by atoms with van der Waals surface area (Å²) in [6.07, 6.45) is 0. The lowest BCUT2D eigenvalue weighted by molar-refractivity contribution is 0.631. The molecule has 0 saturated carbocycles. The van der Waals surface area contributed by atoms with Gasteiger partial charge < -0.3 is 9.32 Å². The Kier molecular flexibility index (Phi) is 4.33. The van der Waals surface area contributed by atoms with Gasteiger partial charge in [0, 0.05) is 22.3 Å². The Morgan fingerprint density at radius 2 is 0.975 bits per heavy atom. The highest BCUT2D eigenvalue weighted by molar-refractivity contribution is 5.91. The van der Waals surface area contributed by atoms with Crippen molar-refractivity contribution in [1.29, 1.82) is 0 Å². The molecule has 0 fully saturated rings. The lowest BCUT2D eigenvalue weighted by Gasteiger charge is -2.27. The first-order chi connectivity index (χ1) is 23.2. The predicted octanol–water partition coefficient (Wildman–Crippen LogP) is 10.9. The molecular weight excluding hydrogens is 486 g/mol. The predicted molar refractivity (Wildman–Crippen MR) is 167 cm³/mol. The summed E-state index contributed by atoms with van der Waals surface area (Å²) in [6.45, 7) is 0. The third kappa shape index (κ3) is 4.57. The fraction of sp³-hybridized carbons (Fsp3) is 0. The molecule has 190 valence electrons. The van der Waals surface area contributed by atoms with E-state index in [1.54, 1.807) is 84.9 Å². The standard InChI is InChI=1S/C38H27NO/c1-3-11-28(12-4-1)30-19-23-33(24-20-30)39(34-25-21-31(22-26-34)29-13-5-2-6-14-29)36-17-9-8-16-35(36)38-27-32-15-7-10-18-37(32)40-38/h1-27H/i19D,20D,21D,22D,23D,24D,25D,26D. The van der Waals surface area contributed by atoms with Gasteiger partial charge in [-0.1, -0.05) is 115 Å². The van der Waals surface area contributed by atoms with Crippen LogP contribution in [0.3, 0.4) is 0 Å². The highest BCUT2D eigenvalue weighted by Gasteiger charge is 2.19. The first kappa shape index (κ1) is 16.6. The van der Waals surface area contributed by atoms with Crippen LogP contribution in [0.2, 0.25) is 0 Å². The summed E-state index contributed by atoms with van der Waals surface area (Å²) in [7, 11) is 0. The molecule has 0 aliphatic heterocycles. The number of furan rings is 1. The van der Waals surface area contributed by atoms with Crippen LogP contribution >= 0.6 is 0 Å². The van der Waals surface area contributed by atoms with Gasteiger partial charge in [0.2, 0.25) is 0 Å². The molecule has 0 bridgehead atoms. The molecule has 0 aliphatic rings. The van der Waals surface area contributed by atoms with Gasteiger partial charge >= 0.3 is 0 Å². The van der Waals surface area contributed by atoms with Gasteiger partial charge in [-0.05, 0) is 70.7 Å². The number of fused-ring (bicyclic) bond motifs is 1. The fourth-order valence-electron chi connectivity index (χ4n) is 4.68. The van der Waals surface area contributed by atoms with Crippen molar-refractivity contribution in [2.45, 2.75) is 0 Å². The van der Waals surface area contributed by atoms with Crippen LogP contribution in [0.25, 0.3) is 44.5 Å². The van der Waals surface area contributed by atoms with Crippen LogP contribution in [0.15, 0.2) is 168 Å². The third-order valence-electron chi connectivity index (χ3n) is 6.63. The molecule has 7 rings (SSSR count). The number of hydrogen-bond acceptors (Lipinski definition) is 2. The number of para-hydroxylation sites is 2. The van der Waals surface area contributed by atoms with E-state index in [0.29, 0.717) is 28.0 Å². The third-order valence-corrected chi connectivity index (χ3v) is 6.63. The minimum Gasteiger partial charge on any atom is -0.456 e. The Hall–Kier alpha value is -5.34. The summed E-state index contributed by atoms with van der Waals surface area (Å²) >= 11 is 0. The quantitative estimate of drug-likeness (QED) is 0.216. The summed E-state index contributed by atoms with van der Waals surface area (Å²) < 4.78 is 79.5. The van der Waals surface area contributed by atoms with Crippen molar-refractivity contribution < 1.29 is 15.4 Å². The summed E-state index contributed by atoms with van der Waals surface area (Å²) in [6, 6.07) is 30.9. The zero-order valence-corrected chi connectivity index (χ0v) is 21.3. The zero-order valence-electron chi connectivity index (χ0n) is 29.3. The molecule has 2 heteroatoms. The van der Waals surface area contributed by atoms with Crippen molar-refractivity contribution in [3.63, 3.8) is 0 Å². The van der Waals surface area contributed by atoms with Crippen LogP contribution in [-0.4, -0.2) is 0 Å². The second-order valence-corrected chi connectivity index (χ2v) is 9.18. The Morgan fingerprint density at radius 1 is 0.475 bits per heavy atom. The maximum atomic E-state index is 9.27. The van der Waals surface area contributed by atoms with Crippen molar-refractivity contribution in [1.82, 2.24) is 0 Å². The van der Waals surface area contributed by atoms with E-state index < -0.39 is 24.2 Å². The molecule has 6 aromatic carbocycles. The van der Waals surface area contributed by atoms with E-state index in [1.165, 1.54) is 4.90 Å². The summed E-state index contributed by atoms with van der Waals surface area (Å²) in [4.78, 5) is 1.31.